The van der Waals surface area contributed by atoms with Gasteiger partial charge >= 0.3 is 0 Å². The highest BCUT2D eigenvalue weighted by Gasteiger charge is 2.27. The van der Waals surface area contributed by atoms with Crippen molar-refractivity contribution in [3.05, 3.63) is 223 Å². The number of aryl methyl sites for hydroxylation is 2. The minimum atomic E-state index is 0.793. The molecule has 61 heavy (non-hydrogen) atoms. The number of fused-ring (bicyclic) bond motifs is 6. The summed E-state index contributed by atoms with van der Waals surface area (Å²) in [4.78, 5) is 7.02. The van der Waals surface area contributed by atoms with E-state index in [9.17, 15) is 0 Å². The minimum absolute atomic E-state index is 0.793. The van der Waals surface area contributed by atoms with Gasteiger partial charge in [-0.1, -0.05) is 121 Å². The standard InChI is InChI=1S/C56H41N3O2/c1-38-17-13-23-42(33-38)57(40-19-5-3-6-20-40)44-35-45(58(41-21-7-4-8-22-41)43-24-14-18-39(2)34-43)37-46(36-44)59(51-29-15-27-49-47-25-9-11-31-53(47)60-55(49)51)52-30-16-28-50-48-26-10-12-32-54(48)61-56(50)52/h3-37H,1-2H3. The van der Waals surface area contributed by atoms with E-state index in [4.69, 9.17) is 8.83 Å². The van der Waals surface area contributed by atoms with E-state index in [2.05, 4.69) is 217 Å². The Kier molecular flexibility index (Phi) is 8.86. The van der Waals surface area contributed by atoms with Crippen molar-refractivity contribution in [1.82, 2.24) is 0 Å². The molecule has 2 aromatic heterocycles. The smallest absolute Gasteiger partial charge is 0.159 e. The van der Waals surface area contributed by atoms with Crippen molar-refractivity contribution >= 4 is 95.1 Å². The molecule has 0 atom stereocenters. The largest absolute Gasteiger partial charge is 0.454 e. The lowest BCUT2D eigenvalue weighted by Gasteiger charge is -2.33. The third-order valence-corrected chi connectivity index (χ3v) is 11.5. The van der Waals surface area contributed by atoms with Gasteiger partial charge in [-0.15, -0.1) is 0 Å². The van der Waals surface area contributed by atoms with Crippen LogP contribution in [0.3, 0.4) is 0 Å². The van der Waals surface area contributed by atoms with E-state index in [-0.39, 0.29) is 0 Å². The topological polar surface area (TPSA) is 36.0 Å². The fourth-order valence-electron chi connectivity index (χ4n) is 8.77. The monoisotopic (exact) mass is 787 g/mol. The zero-order chi connectivity index (χ0) is 40.9. The molecule has 0 aliphatic rings. The first kappa shape index (κ1) is 36.1. The molecule has 0 aliphatic carbocycles. The van der Waals surface area contributed by atoms with E-state index in [1.54, 1.807) is 0 Å². The van der Waals surface area contributed by atoms with Crippen molar-refractivity contribution in [2.75, 3.05) is 14.7 Å². The minimum Gasteiger partial charge on any atom is -0.454 e. The summed E-state index contributed by atoms with van der Waals surface area (Å²) >= 11 is 0. The van der Waals surface area contributed by atoms with E-state index >= 15 is 0 Å². The molecular formula is C56H41N3O2. The number of rotatable bonds is 9. The summed E-state index contributed by atoms with van der Waals surface area (Å²) < 4.78 is 13.7. The lowest BCUT2D eigenvalue weighted by Crippen LogP contribution is -2.16. The van der Waals surface area contributed by atoms with Crippen LogP contribution in [0.15, 0.2) is 221 Å². The van der Waals surface area contributed by atoms with Crippen LogP contribution in [0, 0.1) is 13.8 Å². The van der Waals surface area contributed by atoms with Crippen LogP contribution in [0.2, 0.25) is 0 Å². The molecule has 0 N–H and O–H groups in total. The van der Waals surface area contributed by atoms with Crippen LogP contribution in [-0.4, -0.2) is 0 Å². The molecule has 5 nitrogen and oxygen atoms in total. The summed E-state index contributed by atoms with van der Waals surface area (Å²) in [5.74, 6) is 0. The van der Waals surface area contributed by atoms with Gasteiger partial charge in [-0.25, -0.2) is 0 Å². The highest BCUT2D eigenvalue weighted by molar-refractivity contribution is 6.14. The van der Waals surface area contributed by atoms with Gasteiger partial charge in [0.1, 0.15) is 11.2 Å². The second-order valence-corrected chi connectivity index (χ2v) is 15.6. The van der Waals surface area contributed by atoms with Crippen LogP contribution < -0.4 is 14.7 Å². The molecule has 9 aromatic carbocycles. The number of hydrogen-bond donors (Lipinski definition) is 0. The average molecular weight is 788 g/mol. The number of anilines is 9. The first-order chi connectivity index (χ1) is 30.1. The fourth-order valence-corrected chi connectivity index (χ4v) is 8.77. The van der Waals surface area contributed by atoms with E-state index in [1.807, 2.05) is 24.3 Å². The Hall–Kier alpha value is -8.02. The van der Waals surface area contributed by atoms with Crippen LogP contribution in [0.1, 0.15) is 11.1 Å². The van der Waals surface area contributed by atoms with Crippen LogP contribution in [0.25, 0.3) is 43.9 Å². The summed E-state index contributed by atoms with van der Waals surface area (Å²) in [5.41, 5.74) is 14.5. The molecule has 0 unspecified atom stereocenters. The van der Waals surface area contributed by atoms with Crippen molar-refractivity contribution in [1.29, 1.82) is 0 Å². The highest BCUT2D eigenvalue weighted by atomic mass is 16.3. The van der Waals surface area contributed by atoms with Gasteiger partial charge in [-0.3, -0.25) is 0 Å². The number of furan rings is 2. The normalized spacial score (nSPS) is 11.4. The number of hydrogen-bond acceptors (Lipinski definition) is 5. The summed E-state index contributed by atoms with van der Waals surface area (Å²) in [6.07, 6.45) is 0. The number of benzene rings is 9. The van der Waals surface area contributed by atoms with Gasteiger partial charge in [0.05, 0.1) is 28.4 Å². The van der Waals surface area contributed by atoms with E-state index in [0.717, 1.165) is 95.1 Å². The predicted molar refractivity (Wildman–Crippen MR) is 255 cm³/mol. The summed E-state index contributed by atoms with van der Waals surface area (Å²) in [5, 5.41) is 4.23. The Morgan fingerprint density at radius 1 is 0.279 bits per heavy atom. The Bertz CT molecular complexity index is 3150. The Labute approximate surface area is 354 Å². The molecule has 0 amide bonds. The second-order valence-electron chi connectivity index (χ2n) is 15.6. The lowest BCUT2D eigenvalue weighted by atomic mass is 10.1. The third kappa shape index (κ3) is 6.44. The first-order valence-corrected chi connectivity index (χ1v) is 20.7. The Morgan fingerprint density at radius 2 is 0.639 bits per heavy atom. The van der Waals surface area contributed by atoms with Crippen molar-refractivity contribution in [2.24, 2.45) is 0 Å². The molecule has 0 saturated carbocycles. The Morgan fingerprint density at radius 3 is 1.08 bits per heavy atom. The maximum Gasteiger partial charge on any atom is 0.159 e. The molecule has 0 bridgehead atoms. The van der Waals surface area contributed by atoms with Gasteiger partial charge in [0.2, 0.25) is 0 Å². The maximum atomic E-state index is 6.84. The van der Waals surface area contributed by atoms with Crippen molar-refractivity contribution in [2.45, 2.75) is 13.8 Å². The second kappa shape index (κ2) is 15.0. The fraction of sp³-hybridized carbons (Fsp3) is 0.0357. The van der Waals surface area contributed by atoms with Crippen LogP contribution in [0.4, 0.5) is 51.2 Å². The zero-order valence-electron chi connectivity index (χ0n) is 33.9. The molecule has 0 fully saturated rings. The SMILES string of the molecule is Cc1cccc(N(c2ccccc2)c2cc(N(c3ccccc3)c3cccc(C)c3)cc(N(c3cccc4c3oc3ccccc34)c3cccc4c3oc3ccccc34)c2)c1. The van der Waals surface area contributed by atoms with Gasteiger partial charge in [0.25, 0.3) is 0 Å². The average Bonchev–Trinajstić information content (AvgIpc) is 3.87. The van der Waals surface area contributed by atoms with Crippen LogP contribution in [-0.2, 0) is 0 Å². The van der Waals surface area contributed by atoms with Crippen molar-refractivity contribution in [3.63, 3.8) is 0 Å². The molecule has 0 spiro atoms. The zero-order valence-corrected chi connectivity index (χ0v) is 33.9. The van der Waals surface area contributed by atoms with Crippen molar-refractivity contribution in [3.8, 4) is 0 Å². The number of para-hydroxylation sites is 6. The molecule has 0 aliphatic heterocycles. The van der Waals surface area contributed by atoms with E-state index < -0.39 is 0 Å². The lowest BCUT2D eigenvalue weighted by molar-refractivity contribution is 0.666. The van der Waals surface area contributed by atoms with Gasteiger partial charge in [-0.2, -0.15) is 0 Å². The first-order valence-electron chi connectivity index (χ1n) is 20.7. The third-order valence-electron chi connectivity index (χ3n) is 11.5. The van der Waals surface area contributed by atoms with Gasteiger partial charge in [-0.05, 0) is 116 Å². The maximum absolute atomic E-state index is 6.84. The molecule has 0 radical (unpaired) electrons. The van der Waals surface area contributed by atoms with E-state index in [0.29, 0.717) is 0 Å². The molecule has 5 heteroatoms. The van der Waals surface area contributed by atoms with E-state index in [1.165, 1.54) is 11.1 Å². The molecule has 11 rings (SSSR count). The summed E-state index contributed by atoms with van der Waals surface area (Å²) in [7, 11) is 0. The highest BCUT2D eigenvalue weighted by Crippen LogP contribution is 2.50. The Balaban J connectivity index is 1.27. The van der Waals surface area contributed by atoms with Gasteiger partial charge in [0, 0.05) is 44.3 Å². The predicted octanol–water partition coefficient (Wildman–Crippen LogP) is 16.5. The molecule has 0 saturated heterocycles. The quantitative estimate of drug-likeness (QED) is 0.146. The van der Waals surface area contributed by atoms with Gasteiger partial charge in [0.15, 0.2) is 11.2 Å². The molecular weight excluding hydrogens is 747 g/mol. The van der Waals surface area contributed by atoms with Crippen molar-refractivity contribution < 1.29 is 8.83 Å². The molecule has 292 valence electrons. The van der Waals surface area contributed by atoms with Crippen LogP contribution >= 0.6 is 0 Å². The van der Waals surface area contributed by atoms with Gasteiger partial charge < -0.3 is 23.5 Å². The molecule has 11 aromatic rings. The summed E-state index contributed by atoms with van der Waals surface area (Å²) in [6, 6.07) is 74.9. The molecule has 2 heterocycles. The van der Waals surface area contributed by atoms with Crippen LogP contribution in [0.5, 0.6) is 0 Å². The summed E-state index contributed by atoms with van der Waals surface area (Å²) in [6.45, 7) is 4.29. The number of nitrogens with zero attached hydrogens (tertiary/aromatic N) is 3.